The highest BCUT2D eigenvalue weighted by Gasteiger charge is 2.27. The van der Waals surface area contributed by atoms with E-state index in [0.717, 1.165) is 0 Å². The number of nitrogens with one attached hydrogen (secondary N) is 1. The second-order valence-corrected chi connectivity index (χ2v) is 3.83. The van der Waals surface area contributed by atoms with Crippen molar-refractivity contribution in [3.63, 3.8) is 0 Å². The van der Waals surface area contributed by atoms with E-state index in [9.17, 15) is 13.2 Å². The number of rotatable bonds is 5. The number of halogens is 4. The third-order valence-corrected chi connectivity index (χ3v) is 2.16. The van der Waals surface area contributed by atoms with Crippen molar-refractivity contribution >= 4 is 17.3 Å². The van der Waals surface area contributed by atoms with E-state index < -0.39 is 12.8 Å². The SMILES string of the molecule is N#Cc1cc(Cl)ccc1NCCOCC(F)(F)F. The summed E-state index contributed by atoms with van der Waals surface area (Å²) in [6.07, 6.45) is -4.32. The third kappa shape index (κ3) is 5.25. The Morgan fingerprint density at radius 3 is 2.72 bits per heavy atom. The molecule has 0 radical (unpaired) electrons. The predicted molar refractivity (Wildman–Crippen MR) is 61.5 cm³/mol. The second kappa shape index (κ2) is 6.47. The standard InChI is InChI=1S/C11H10ClF3N2O/c12-9-1-2-10(8(5-9)6-16)17-3-4-18-7-11(13,14)15/h1-2,5,17H,3-4,7H2. The van der Waals surface area contributed by atoms with Crippen molar-refractivity contribution in [3.05, 3.63) is 28.8 Å². The van der Waals surface area contributed by atoms with Crippen LogP contribution in [0, 0.1) is 11.3 Å². The first-order valence-electron chi connectivity index (χ1n) is 5.00. The van der Waals surface area contributed by atoms with Gasteiger partial charge in [0.05, 0.1) is 17.9 Å². The minimum absolute atomic E-state index is 0.104. The van der Waals surface area contributed by atoms with Crippen LogP contribution in [0.25, 0.3) is 0 Å². The number of alkyl halides is 3. The molecule has 1 aromatic carbocycles. The summed E-state index contributed by atoms with van der Waals surface area (Å²) in [5, 5.41) is 12.0. The average molecular weight is 279 g/mol. The summed E-state index contributed by atoms with van der Waals surface area (Å²) in [6, 6.07) is 6.58. The van der Waals surface area contributed by atoms with E-state index in [1.165, 1.54) is 6.07 Å². The topological polar surface area (TPSA) is 45.0 Å². The maximum Gasteiger partial charge on any atom is 0.411 e. The zero-order valence-corrected chi connectivity index (χ0v) is 9.98. The van der Waals surface area contributed by atoms with Gasteiger partial charge in [0.15, 0.2) is 0 Å². The molecule has 7 heteroatoms. The molecule has 0 saturated carbocycles. The highest BCUT2D eigenvalue weighted by molar-refractivity contribution is 6.30. The predicted octanol–water partition coefficient (Wildman–Crippen LogP) is 3.20. The minimum Gasteiger partial charge on any atom is -0.382 e. The number of benzene rings is 1. The molecular formula is C11H10ClF3N2O. The van der Waals surface area contributed by atoms with Crippen LogP contribution >= 0.6 is 11.6 Å². The van der Waals surface area contributed by atoms with Gasteiger partial charge in [0.25, 0.3) is 0 Å². The van der Waals surface area contributed by atoms with Crippen LogP contribution < -0.4 is 5.32 Å². The number of anilines is 1. The highest BCUT2D eigenvalue weighted by Crippen LogP contribution is 2.19. The molecule has 0 aliphatic heterocycles. The molecule has 0 heterocycles. The van der Waals surface area contributed by atoms with Crippen LogP contribution in [-0.4, -0.2) is 25.9 Å². The fourth-order valence-electron chi connectivity index (χ4n) is 1.21. The number of hydrogen-bond donors (Lipinski definition) is 1. The molecule has 0 aliphatic carbocycles. The van der Waals surface area contributed by atoms with Gasteiger partial charge in [-0.15, -0.1) is 0 Å². The van der Waals surface area contributed by atoms with Gasteiger partial charge in [-0.1, -0.05) is 11.6 Å². The van der Waals surface area contributed by atoms with E-state index in [1.54, 1.807) is 12.1 Å². The molecule has 18 heavy (non-hydrogen) atoms. The summed E-state index contributed by atoms with van der Waals surface area (Å²) < 4.78 is 39.7. The van der Waals surface area contributed by atoms with Crippen molar-refractivity contribution in [2.75, 3.05) is 25.1 Å². The van der Waals surface area contributed by atoms with Gasteiger partial charge >= 0.3 is 6.18 Å². The first-order valence-corrected chi connectivity index (χ1v) is 5.38. The van der Waals surface area contributed by atoms with Crippen LogP contribution in [0.3, 0.4) is 0 Å². The summed E-state index contributed by atoms with van der Waals surface area (Å²) in [4.78, 5) is 0. The monoisotopic (exact) mass is 278 g/mol. The van der Waals surface area contributed by atoms with Crippen LogP contribution in [-0.2, 0) is 4.74 Å². The van der Waals surface area contributed by atoms with Crippen LogP contribution in [0.5, 0.6) is 0 Å². The lowest BCUT2D eigenvalue weighted by atomic mass is 10.2. The zero-order valence-electron chi connectivity index (χ0n) is 9.22. The van der Waals surface area contributed by atoms with Gasteiger partial charge in [-0.25, -0.2) is 0 Å². The number of nitrogens with zero attached hydrogens (tertiary/aromatic N) is 1. The molecule has 0 aliphatic rings. The van der Waals surface area contributed by atoms with Crippen molar-refractivity contribution < 1.29 is 17.9 Å². The van der Waals surface area contributed by atoms with Crippen LogP contribution in [0.15, 0.2) is 18.2 Å². The fourth-order valence-corrected chi connectivity index (χ4v) is 1.38. The summed E-state index contributed by atoms with van der Waals surface area (Å²) >= 11 is 5.70. The fraction of sp³-hybridized carbons (Fsp3) is 0.364. The van der Waals surface area contributed by atoms with Gasteiger partial charge < -0.3 is 10.1 Å². The largest absolute Gasteiger partial charge is 0.411 e. The van der Waals surface area contributed by atoms with Gasteiger partial charge in [0.2, 0.25) is 0 Å². The summed E-state index contributed by atoms with van der Waals surface area (Å²) in [5.41, 5.74) is 0.843. The Kier molecular flexibility index (Phi) is 5.25. The number of ether oxygens (including phenoxy) is 1. The molecule has 0 saturated heterocycles. The zero-order chi connectivity index (χ0) is 13.6. The van der Waals surface area contributed by atoms with Crippen LogP contribution in [0.4, 0.5) is 18.9 Å². The van der Waals surface area contributed by atoms with Crippen molar-refractivity contribution in [3.8, 4) is 6.07 Å². The molecule has 0 bridgehead atoms. The lowest BCUT2D eigenvalue weighted by molar-refractivity contribution is -0.172. The molecule has 98 valence electrons. The molecule has 0 unspecified atom stereocenters. The number of hydrogen-bond acceptors (Lipinski definition) is 3. The van der Waals surface area contributed by atoms with E-state index in [4.69, 9.17) is 16.9 Å². The van der Waals surface area contributed by atoms with Crippen molar-refractivity contribution in [1.82, 2.24) is 0 Å². The van der Waals surface area contributed by atoms with E-state index >= 15 is 0 Å². The minimum atomic E-state index is -4.32. The Morgan fingerprint density at radius 2 is 2.11 bits per heavy atom. The lowest BCUT2D eigenvalue weighted by Gasteiger charge is -2.10. The molecule has 1 rings (SSSR count). The Morgan fingerprint density at radius 1 is 1.39 bits per heavy atom. The smallest absolute Gasteiger partial charge is 0.382 e. The van der Waals surface area contributed by atoms with Crippen LogP contribution in [0.2, 0.25) is 5.02 Å². The second-order valence-electron chi connectivity index (χ2n) is 3.40. The number of nitriles is 1. The molecule has 0 aromatic heterocycles. The summed E-state index contributed by atoms with van der Waals surface area (Å²) in [7, 11) is 0. The molecule has 3 nitrogen and oxygen atoms in total. The molecule has 0 fully saturated rings. The van der Waals surface area contributed by atoms with E-state index in [2.05, 4.69) is 10.1 Å². The first-order chi connectivity index (χ1) is 8.42. The molecule has 1 N–H and O–H groups in total. The van der Waals surface area contributed by atoms with Crippen LogP contribution in [0.1, 0.15) is 5.56 Å². The Hall–Kier alpha value is -1.45. The Balaban J connectivity index is 2.38. The van der Waals surface area contributed by atoms with Gasteiger partial charge in [0.1, 0.15) is 12.7 Å². The molecule has 0 spiro atoms. The summed E-state index contributed by atoms with van der Waals surface area (Å²) in [5.74, 6) is 0. The average Bonchev–Trinajstić information content (AvgIpc) is 2.28. The molecular weight excluding hydrogens is 269 g/mol. The normalized spacial score (nSPS) is 11.1. The summed E-state index contributed by atoms with van der Waals surface area (Å²) in [6.45, 7) is -1.21. The van der Waals surface area contributed by atoms with Gasteiger partial charge in [0, 0.05) is 11.6 Å². The molecule has 0 amide bonds. The molecule has 1 aromatic rings. The van der Waals surface area contributed by atoms with Crippen molar-refractivity contribution in [2.24, 2.45) is 0 Å². The first kappa shape index (κ1) is 14.6. The van der Waals surface area contributed by atoms with Gasteiger partial charge in [-0.2, -0.15) is 18.4 Å². The van der Waals surface area contributed by atoms with Gasteiger partial charge in [-0.05, 0) is 18.2 Å². The molecule has 0 atom stereocenters. The Labute approximate surface area is 107 Å². The maximum absolute atomic E-state index is 11.8. The van der Waals surface area contributed by atoms with E-state index in [-0.39, 0.29) is 13.2 Å². The highest BCUT2D eigenvalue weighted by atomic mass is 35.5. The quantitative estimate of drug-likeness (QED) is 0.841. The van der Waals surface area contributed by atoms with E-state index in [1.807, 2.05) is 6.07 Å². The van der Waals surface area contributed by atoms with Gasteiger partial charge in [-0.3, -0.25) is 0 Å². The van der Waals surface area contributed by atoms with Crippen molar-refractivity contribution in [2.45, 2.75) is 6.18 Å². The maximum atomic E-state index is 11.8. The Bertz CT molecular complexity index is 443. The third-order valence-electron chi connectivity index (χ3n) is 1.93. The lowest BCUT2D eigenvalue weighted by Crippen LogP contribution is -2.20. The van der Waals surface area contributed by atoms with E-state index in [0.29, 0.717) is 16.3 Å². The van der Waals surface area contributed by atoms with Crippen molar-refractivity contribution in [1.29, 1.82) is 5.26 Å².